The van der Waals surface area contributed by atoms with Gasteiger partial charge in [-0.15, -0.1) is 0 Å². The molecule has 0 aromatic heterocycles. The van der Waals surface area contributed by atoms with Crippen molar-refractivity contribution >= 4 is 0 Å². The standard InChI is InChI=1S/C14H22N2O/c1-14(2,9-17)8-16-13-7-12(15)10-5-3-4-6-11(10)13/h3-6,12-13,16-17H,7-9,15H2,1-2H3. The van der Waals surface area contributed by atoms with Crippen LogP contribution in [0.2, 0.25) is 0 Å². The number of benzene rings is 1. The van der Waals surface area contributed by atoms with E-state index in [0.717, 1.165) is 13.0 Å². The molecule has 3 nitrogen and oxygen atoms in total. The van der Waals surface area contributed by atoms with E-state index in [1.54, 1.807) is 0 Å². The Morgan fingerprint density at radius 2 is 2.00 bits per heavy atom. The lowest BCUT2D eigenvalue weighted by Crippen LogP contribution is -2.34. The van der Waals surface area contributed by atoms with E-state index in [-0.39, 0.29) is 18.1 Å². The highest BCUT2D eigenvalue weighted by Gasteiger charge is 2.29. The van der Waals surface area contributed by atoms with E-state index in [4.69, 9.17) is 5.73 Å². The van der Waals surface area contributed by atoms with Crippen LogP contribution in [-0.4, -0.2) is 18.3 Å². The van der Waals surface area contributed by atoms with Crippen molar-refractivity contribution in [2.75, 3.05) is 13.2 Å². The second kappa shape index (κ2) is 4.77. The zero-order valence-corrected chi connectivity index (χ0v) is 10.6. The fraction of sp³-hybridized carbons (Fsp3) is 0.571. The molecule has 2 rings (SSSR count). The molecule has 0 spiro atoms. The molecule has 17 heavy (non-hydrogen) atoms. The highest BCUT2D eigenvalue weighted by atomic mass is 16.3. The van der Waals surface area contributed by atoms with Crippen LogP contribution in [0.4, 0.5) is 0 Å². The number of hydrogen-bond acceptors (Lipinski definition) is 3. The molecule has 1 aliphatic carbocycles. The van der Waals surface area contributed by atoms with Crippen LogP contribution in [0, 0.1) is 5.41 Å². The summed E-state index contributed by atoms with van der Waals surface area (Å²) in [6.45, 7) is 5.11. The fourth-order valence-corrected chi connectivity index (χ4v) is 2.32. The molecule has 0 bridgehead atoms. The zero-order valence-electron chi connectivity index (χ0n) is 10.6. The molecule has 0 amide bonds. The Bertz CT molecular complexity index is 390. The zero-order chi connectivity index (χ0) is 12.5. The lowest BCUT2D eigenvalue weighted by atomic mass is 9.94. The van der Waals surface area contributed by atoms with Gasteiger partial charge in [0.1, 0.15) is 0 Å². The third-order valence-electron chi connectivity index (χ3n) is 3.52. The summed E-state index contributed by atoms with van der Waals surface area (Å²) in [5.41, 5.74) is 8.61. The minimum absolute atomic E-state index is 0.0817. The first-order valence-corrected chi connectivity index (χ1v) is 6.22. The van der Waals surface area contributed by atoms with Crippen molar-refractivity contribution in [1.82, 2.24) is 5.32 Å². The van der Waals surface area contributed by atoms with Crippen molar-refractivity contribution in [3.8, 4) is 0 Å². The van der Waals surface area contributed by atoms with E-state index in [1.165, 1.54) is 11.1 Å². The molecular weight excluding hydrogens is 212 g/mol. The van der Waals surface area contributed by atoms with Gasteiger partial charge in [0.05, 0.1) is 0 Å². The SMILES string of the molecule is CC(C)(CO)CNC1CC(N)c2ccccc21. The Hall–Kier alpha value is -0.900. The number of hydrogen-bond donors (Lipinski definition) is 3. The van der Waals surface area contributed by atoms with E-state index >= 15 is 0 Å². The van der Waals surface area contributed by atoms with E-state index < -0.39 is 0 Å². The number of aliphatic hydroxyl groups is 1. The molecule has 2 atom stereocenters. The maximum atomic E-state index is 9.25. The molecule has 0 fully saturated rings. The monoisotopic (exact) mass is 234 g/mol. The average molecular weight is 234 g/mol. The average Bonchev–Trinajstić information content (AvgIpc) is 2.65. The summed E-state index contributed by atoms with van der Waals surface area (Å²) in [7, 11) is 0. The van der Waals surface area contributed by atoms with Gasteiger partial charge < -0.3 is 16.2 Å². The molecule has 94 valence electrons. The van der Waals surface area contributed by atoms with Crippen molar-refractivity contribution in [3.63, 3.8) is 0 Å². The first kappa shape index (κ1) is 12.6. The van der Waals surface area contributed by atoms with Gasteiger partial charge in [-0.3, -0.25) is 0 Å². The summed E-state index contributed by atoms with van der Waals surface area (Å²) in [5.74, 6) is 0. The summed E-state index contributed by atoms with van der Waals surface area (Å²) in [5, 5.41) is 12.8. The van der Waals surface area contributed by atoms with Gasteiger partial charge >= 0.3 is 0 Å². The Kier molecular flexibility index (Phi) is 3.52. The number of fused-ring (bicyclic) bond motifs is 1. The van der Waals surface area contributed by atoms with Gasteiger partial charge in [-0.25, -0.2) is 0 Å². The number of nitrogens with two attached hydrogens (primary N) is 1. The minimum Gasteiger partial charge on any atom is -0.396 e. The van der Waals surface area contributed by atoms with Crippen molar-refractivity contribution < 1.29 is 5.11 Å². The van der Waals surface area contributed by atoms with Gasteiger partial charge in [-0.2, -0.15) is 0 Å². The molecule has 2 unspecified atom stereocenters. The van der Waals surface area contributed by atoms with Gasteiger partial charge in [0, 0.05) is 30.7 Å². The molecule has 0 radical (unpaired) electrons. The Morgan fingerprint density at radius 1 is 1.35 bits per heavy atom. The van der Waals surface area contributed by atoms with Crippen LogP contribution >= 0.6 is 0 Å². The van der Waals surface area contributed by atoms with Crippen molar-refractivity contribution in [2.45, 2.75) is 32.4 Å². The van der Waals surface area contributed by atoms with Gasteiger partial charge in [-0.05, 0) is 17.5 Å². The van der Waals surface area contributed by atoms with Gasteiger partial charge in [0.25, 0.3) is 0 Å². The van der Waals surface area contributed by atoms with Crippen LogP contribution in [0.5, 0.6) is 0 Å². The normalized spacial score (nSPS) is 23.8. The van der Waals surface area contributed by atoms with Crippen LogP contribution in [0.15, 0.2) is 24.3 Å². The highest BCUT2D eigenvalue weighted by molar-refractivity contribution is 5.37. The van der Waals surface area contributed by atoms with Crippen LogP contribution in [0.3, 0.4) is 0 Å². The molecule has 0 aliphatic heterocycles. The molecule has 4 N–H and O–H groups in total. The molecule has 0 saturated heterocycles. The predicted molar refractivity (Wildman–Crippen MR) is 69.6 cm³/mol. The van der Waals surface area contributed by atoms with Gasteiger partial charge in [0.15, 0.2) is 0 Å². The smallest absolute Gasteiger partial charge is 0.0494 e. The second-order valence-corrected chi connectivity index (χ2v) is 5.73. The first-order valence-electron chi connectivity index (χ1n) is 6.22. The number of aliphatic hydroxyl groups excluding tert-OH is 1. The van der Waals surface area contributed by atoms with Crippen LogP contribution < -0.4 is 11.1 Å². The molecule has 1 aromatic rings. The number of nitrogens with one attached hydrogen (secondary N) is 1. The van der Waals surface area contributed by atoms with Gasteiger partial charge in [-0.1, -0.05) is 38.1 Å². The maximum Gasteiger partial charge on any atom is 0.0494 e. The Balaban J connectivity index is 2.05. The van der Waals surface area contributed by atoms with E-state index in [0.29, 0.717) is 6.04 Å². The van der Waals surface area contributed by atoms with Crippen molar-refractivity contribution in [2.24, 2.45) is 11.1 Å². The summed E-state index contributed by atoms with van der Waals surface area (Å²) in [4.78, 5) is 0. The van der Waals surface area contributed by atoms with E-state index in [1.807, 2.05) is 6.07 Å². The maximum absolute atomic E-state index is 9.25. The van der Waals surface area contributed by atoms with Crippen LogP contribution in [0.1, 0.15) is 43.5 Å². The summed E-state index contributed by atoms with van der Waals surface area (Å²) >= 11 is 0. The molecule has 0 heterocycles. The second-order valence-electron chi connectivity index (χ2n) is 5.73. The van der Waals surface area contributed by atoms with E-state index in [2.05, 4.69) is 37.4 Å². The highest BCUT2D eigenvalue weighted by Crippen LogP contribution is 2.37. The first-order chi connectivity index (χ1) is 8.03. The third kappa shape index (κ3) is 2.68. The quantitative estimate of drug-likeness (QED) is 0.743. The Morgan fingerprint density at radius 3 is 2.65 bits per heavy atom. The van der Waals surface area contributed by atoms with E-state index in [9.17, 15) is 5.11 Å². The predicted octanol–water partition coefficient (Wildman–Crippen LogP) is 1.74. The summed E-state index contributed by atoms with van der Waals surface area (Å²) in [6, 6.07) is 8.82. The summed E-state index contributed by atoms with van der Waals surface area (Å²) in [6.07, 6.45) is 0.945. The van der Waals surface area contributed by atoms with Gasteiger partial charge in [0.2, 0.25) is 0 Å². The number of rotatable bonds is 4. The molecule has 0 saturated carbocycles. The van der Waals surface area contributed by atoms with Crippen LogP contribution in [0.25, 0.3) is 0 Å². The lowest BCUT2D eigenvalue weighted by Gasteiger charge is -2.25. The molecule has 3 heteroatoms. The largest absolute Gasteiger partial charge is 0.396 e. The molecular formula is C14H22N2O. The summed E-state index contributed by atoms with van der Waals surface area (Å²) < 4.78 is 0. The minimum atomic E-state index is -0.0817. The van der Waals surface area contributed by atoms with Crippen molar-refractivity contribution in [3.05, 3.63) is 35.4 Å². The topological polar surface area (TPSA) is 58.3 Å². The molecule has 1 aliphatic rings. The Labute approximate surface area is 103 Å². The van der Waals surface area contributed by atoms with Crippen molar-refractivity contribution in [1.29, 1.82) is 0 Å². The molecule has 1 aromatic carbocycles. The fourth-order valence-electron chi connectivity index (χ4n) is 2.32. The van der Waals surface area contributed by atoms with Crippen LogP contribution in [-0.2, 0) is 0 Å². The lowest BCUT2D eigenvalue weighted by molar-refractivity contribution is 0.152. The third-order valence-corrected chi connectivity index (χ3v) is 3.52.